The molecule has 0 radical (unpaired) electrons. The Morgan fingerprint density at radius 3 is 2.10 bits per heavy atom. The standard InChI is InChI=1S/C13H23N3O4/c1-4-20-13(19)10-14(3)9-12(18)16-7-5-15(6-8-16)11(2)17/h4-10H2,1-3H3. The van der Waals surface area contributed by atoms with Crippen LogP contribution in [-0.4, -0.2) is 85.4 Å². The van der Waals surface area contributed by atoms with Crippen LogP contribution in [0.25, 0.3) is 0 Å². The van der Waals surface area contributed by atoms with Crippen LogP contribution in [0.1, 0.15) is 13.8 Å². The molecule has 0 bridgehead atoms. The van der Waals surface area contributed by atoms with E-state index in [9.17, 15) is 14.4 Å². The van der Waals surface area contributed by atoms with E-state index in [1.165, 1.54) is 6.92 Å². The maximum absolute atomic E-state index is 12.1. The van der Waals surface area contributed by atoms with Crippen LogP contribution in [0.15, 0.2) is 0 Å². The third-order valence-corrected chi connectivity index (χ3v) is 3.19. The number of piperazine rings is 1. The normalized spacial score (nSPS) is 15.4. The van der Waals surface area contributed by atoms with Crippen molar-refractivity contribution in [3.05, 3.63) is 0 Å². The summed E-state index contributed by atoms with van der Waals surface area (Å²) in [6.07, 6.45) is 0. The van der Waals surface area contributed by atoms with Gasteiger partial charge in [0, 0.05) is 33.1 Å². The molecule has 7 heteroatoms. The molecule has 0 aromatic carbocycles. The van der Waals surface area contributed by atoms with Crippen molar-refractivity contribution in [2.75, 3.05) is 52.9 Å². The largest absolute Gasteiger partial charge is 0.465 e. The Balaban J connectivity index is 2.33. The first-order valence-corrected chi connectivity index (χ1v) is 6.81. The van der Waals surface area contributed by atoms with Crippen molar-refractivity contribution in [3.63, 3.8) is 0 Å². The van der Waals surface area contributed by atoms with Gasteiger partial charge in [-0.25, -0.2) is 0 Å². The second-order valence-electron chi connectivity index (χ2n) is 4.86. The van der Waals surface area contributed by atoms with Crippen LogP contribution in [0.2, 0.25) is 0 Å². The highest BCUT2D eigenvalue weighted by molar-refractivity contribution is 5.80. The highest BCUT2D eigenvalue weighted by atomic mass is 16.5. The summed E-state index contributed by atoms with van der Waals surface area (Å²) in [5.41, 5.74) is 0. The summed E-state index contributed by atoms with van der Waals surface area (Å²) in [4.78, 5) is 39.6. The van der Waals surface area contributed by atoms with Gasteiger partial charge < -0.3 is 14.5 Å². The molecule has 0 spiro atoms. The number of likely N-dealkylation sites (N-methyl/N-ethyl adjacent to an activating group) is 1. The molecule has 0 aliphatic carbocycles. The highest BCUT2D eigenvalue weighted by Gasteiger charge is 2.23. The number of carbonyl (C=O) groups excluding carboxylic acids is 3. The summed E-state index contributed by atoms with van der Waals surface area (Å²) in [5, 5.41) is 0. The Hall–Kier alpha value is -1.63. The third-order valence-electron chi connectivity index (χ3n) is 3.19. The average Bonchev–Trinajstić information content (AvgIpc) is 2.38. The first kappa shape index (κ1) is 16.4. The molecule has 0 saturated carbocycles. The van der Waals surface area contributed by atoms with E-state index in [1.807, 2.05) is 0 Å². The van der Waals surface area contributed by atoms with Gasteiger partial charge in [0.25, 0.3) is 0 Å². The molecule has 1 saturated heterocycles. The second-order valence-corrected chi connectivity index (χ2v) is 4.86. The maximum Gasteiger partial charge on any atom is 0.320 e. The van der Waals surface area contributed by atoms with E-state index < -0.39 is 0 Å². The van der Waals surface area contributed by atoms with E-state index in [2.05, 4.69) is 0 Å². The highest BCUT2D eigenvalue weighted by Crippen LogP contribution is 2.03. The van der Waals surface area contributed by atoms with E-state index in [0.29, 0.717) is 32.8 Å². The summed E-state index contributed by atoms with van der Waals surface area (Å²) in [6.45, 7) is 6.14. The van der Waals surface area contributed by atoms with Gasteiger partial charge in [-0.05, 0) is 14.0 Å². The minimum absolute atomic E-state index is 0.0278. The second kappa shape index (κ2) is 7.84. The Morgan fingerprint density at radius 2 is 1.60 bits per heavy atom. The lowest BCUT2D eigenvalue weighted by Gasteiger charge is -2.34. The summed E-state index contributed by atoms with van der Waals surface area (Å²) in [6, 6.07) is 0. The zero-order chi connectivity index (χ0) is 15.1. The fourth-order valence-electron chi connectivity index (χ4n) is 2.08. The van der Waals surface area contributed by atoms with Crippen LogP contribution in [-0.2, 0) is 19.1 Å². The smallest absolute Gasteiger partial charge is 0.320 e. The van der Waals surface area contributed by atoms with Crippen molar-refractivity contribution in [1.29, 1.82) is 0 Å². The average molecular weight is 285 g/mol. The fraction of sp³-hybridized carbons (Fsp3) is 0.769. The fourth-order valence-corrected chi connectivity index (χ4v) is 2.08. The quantitative estimate of drug-likeness (QED) is 0.617. The monoisotopic (exact) mass is 285 g/mol. The lowest BCUT2D eigenvalue weighted by atomic mass is 10.3. The molecule has 20 heavy (non-hydrogen) atoms. The molecule has 2 amide bonds. The van der Waals surface area contributed by atoms with Crippen LogP contribution >= 0.6 is 0 Å². The molecule has 0 unspecified atom stereocenters. The molecular formula is C13H23N3O4. The summed E-state index contributed by atoms with van der Waals surface area (Å²) < 4.78 is 4.83. The summed E-state index contributed by atoms with van der Waals surface area (Å²) >= 11 is 0. The molecule has 7 nitrogen and oxygen atoms in total. The van der Waals surface area contributed by atoms with Gasteiger partial charge in [-0.1, -0.05) is 0 Å². The predicted molar refractivity (Wildman–Crippen MR) is 73.0 cm³/mol. The first-order valence-electron chi connectivity index (χ1n) is 6.81. The molecule has 1 aliphatic heterocycles. The molecule has 1 heterocycles. The van der Waals surface area contributed by atoms with E-state index in [1.54, 1.807) is 28.7 Å². The van der Waals surface area contributed by atoms with Crippen LogP contribution in [0.4, 0.5) is 0 Å². The summed E-state index contributed by atoms with van der Waals surface area (Å²) in [7, 11) is 1.71. The third kappa shape index (κ3) is 5.16. The van der Waals surface area contributed by atoms with Gasteiger partial charge in [0.15, 0.2) is 0 Å². The van der Waals surface area contributed by atoms with Crippen molar-refractivity contribution in [1.82, 2.24) is 14.7 Å². The number of hydrogen-bond acceptors (Lipinski definition) is 5. The Bertz CT molecular complexity index is 365. The lowest BCUT2D eigenvalue weighted by molar-refractivity contribution is -0.145. The molecule has 1 rings (SSSR count). The number of amides is 2. The van der Waals surface area contributed by atoms with Crippen LogP contribution in [0.3, 0.4) is 0 Å². The minimum atomic E-state index is -0.329. The van der Waals surface area contributed by atoms with E-state index >= 15 is 0 Å². The van der Waals surface area contributed by atoms with Gasteiger partial charge in [0.1, 0.15) is 0 Å². The van der Waals surface area contributed by atoms with Gasteiger partial charge in [-0.2, -0.15) is 0 Å². The van der Waals surface area contributed by atoms with Crippen molar-refractivity contribution < 1.29 is 19.1 Å². The number of ether oxygens (including phenoxy) is 1. The molecule has 0 aromatic rings. The van der Waals surface area contributed by atoms with Gasteiger partial charge in [0.05, 0.1) is 19.7 Å². The number of carbonyl (C=O) groups is 3. The molecule has 0 atom stereocenters. The van der Waals surface area contributed by atoms with Crippen molar-refractivity contribution >= 4 is 17.8 Å². The lowest BCUT2D eigenvalue weighted by Crippen LogP contribution is -2.52. The van der Waals surface area contributed by atoms with Crippen molar-refractivity contribution in [3.8, 4) is 0 Å². The van der Waals surface area contributed by atoms with Crippen molar-refractivity contribution in [2.24, 2.45) is 0 Å². The molecule has 0 N–H and O–H groups in total. The first-order chi connectivity index (χ1) is 9.43. The number of esters is 1. The van der Waals surface area contributed by atoms with E-state index in [0.717, 1.165) is 0 Å². The number of rotatable bonds is 5. The van der Waals surface area contributed by atoms with Crippen LogP contribution < -0.4 is 0 Å². The summed E-state index contributed by atoms with van der Waals surface area (Å²) in [5.74, 6) is -0.319. The molecule has 0 aromatic heterocycles. The molecule has 114 valence electrons. The van der Waals surface area contributed by atoms with Gasteiger partial charge >= 0.3 is 5.97 Å². The Labute approximate surface area is 119 Å². The maximum atomic E-state index is 12.1. The SMILES string of the molecule is CCOC(=O)CN(C)CC(=O)N1CCN(C(C)=O)CC1. The van der Waals surface area contributed by atoms with Gasteiger partial charge in [0.2, 0.25) is 11.8 Å². The molecule has 1 fully saturated rings. The minimum Gasteiger partial charge on any atom is -0.465 e. The van der Waals surface area contributed by atoms with Crippen LogP contribution in [0.5, 0.6) is 0 Å². The zero-order valence-electron chi connectivity index (χ0n) is 12.4. The Morgan fingerprint density at radius 1 is 1.05 bits per heavy atom. The van der Waals surface area contributed by atoms with Gasteiger partial charge in [-0.15, -0.1) is 0 Å². The van der Waals surface area contributed by atoms with E-state index in [4.69, 9.17) is 4.74 Å². The van der Waals surface area contributed by atoms with Gasteiger partial charge in [-0.3, -0.25) is 19.3 Å². The molecule has 1 aliphatic rings. The number of hydrogen-bond donors (Lipinski definition) is 0. The zero-order valence-corrected chi connectivity index (χ0v) is 12.4. The Kier molecular flexibility index (Phi) is 6.44. The van der Waals surface area contributed by atoms with Crippen LogP contribution in [0, 0.1) is 0 Å². The molecular weight excluding hydrogens is 262 g/mol. The van der Waals surface area contributed by atoms with Crippen molar-refractivity contribution in [2.45, 2.75) is 13.8 Å². The number of nitrogens with zero attached hydrogens (tertiary/aromatic N) is 3. The van der Waals surface area contributed by atoms with E-state index in [-0.39, 0.29) is 30.9 Å². The topological polar surface area (TPSA) is 70.2 Å². The predicted octanol–water partition coefficient (Wildman–Crippen LogP) is -0.828.